The van der Waals surface area contributed by atoms with Crippen LogP contribution in [0.2, 0.25) is 0 Å². The number of phenols is 2. The van der Waals surface area contributed by atoms with E-state index in [0.717, 1.165) is 5.57 Å². The van der Waals surface area contributed by atoms with Crippen molar-refractivity contribution in [3.8, 4) is 17.2 Å². The van der Waals surface area contributed by atoms with Crippen LogP contribution in [0.5, 0.6) is 17.2 Å². The van der Waals surface area contributed by atoms with E-state index in [0.29, 0.717) is 29.2 Å². The Balaban J connectivity index is 3.33. The van der Waals surface area contributed by atoms with E-state index in [2.05, 4.69) is 6.07 Å². The third-order valence-corrected chi connectivity index (χ3v) is 2.87. The van der Waals surface area contributed by atoms with Gasteiger partial charge in [0.1, 0.15) is 17.2 Å². The molecule has 0 heterocycles. The van der Waals surface area contributed by atoms with Crippen molar-refractivity contribution >= 4 is 6.08 Å². The minimum absolute atomic E-state index is 0.0486. The second kappa shape index (κ2) is 7.04. The first-order valence-corrected chi connectivity index (χ1v) is 6.72. The first-order valence-electron chi connectivity index (χ1n) is 6.72. The van der Waals surface area contributed by atoms with Crippen LogP contribution in [0.15, 0.2) is 17.7 Å². The summed E-state index contributed by atoms with van der Waals surface area (Å²) in [4.78, 5) is 0. The Labute approximate surface area is 121 Å². The van der Waals surface area contributed by atoms with E-state index in [9.17, 15) is 10.2 Å². The van der Waals surface area contributed by atoms with Crippen molar-refractivity contribution in [2.24, 2.45) is 5.92 Å². The van der Waals surface area contributed by atoms with E-state index < -0.39 is 0 Å². The normalized spacial score (nSPS) is 11.1. The van der Waals surface area contributed by atoms with Crippen LogP contribution < -0.4 is 4.74 Å². The SMILES string of the molecule is COc1[c]c(O)c(CC=C(C)C)c(O)c1/C=C\C(C)C. The highest BCUT2D eigenvalue weighted by molar-refractivity contribution is 5.69. The average molecular weight is 275 g/mol. The number of phenolic OH excluding ortho intramolecular Hbond substituents is 2. The topological polar surface area (TPSA) is 49.7 Å². The number of hydrogen-bond donors (Lipinski definition) is 2. The Morgan fingerprint density at radius 2 is 1.95 bits per heavy atom. The van der Waals surface area contributed by atoms with Gasteiger partial charge in [-0.05, 0) is 26.2 Å². The summed E-state index contributed by atoms with van der Waals surface area (Å²) in [6.07, 6.45) is 6.18. The summed E-state index contributed by atoms with van der Waals surface area (Å²) in [7, 11) is 1.49. The van der Waals surface area contributed by atoms with Gasteiger partial charge in [-0.2, -0.15) is 0 Å². The third kappa shape index (κ3) is 4.05. The van der Waals surface area contributed by atoms with E-state index in [-0.39, 0.29) is 11.5 Å². The van der Waals surface area contributed by atoms with Gasteiger partial charge in [-0.3, -0.25) is 0 Å². The highest BCUT2D eigenvalue weighted by Crippen LogP contribution is 2.39. The van der Waals surface area contributed by atoms with Crippen LogP contribution in [0.1, 0.15) is 38.8 Å². The molecule has 0 saturated carbocycles. The molecule has 0 unspecified atom stereocenters. The van der Waals surface area contributed by atoms with Gasteiger partial charge in [0.25, 0.3) is 0 Å². The largest absolute Gasteiger partial charge is 0.507 e. The lowest BCUT2D eigenvalue weighted by Crippen LogP contribution is -1.94. The molecular formula is C17H23O3. The molecule has 0 saturated heterocycles. The summed E-state index contributed by atoms with van der Waals surface area (Å²) in [6.45, 7) is 8.05. The van der Waals surface area contributed by atoms with E-state index in [1.165, 1.54) is 7.11 Å². The lowest BCUT2D eigenvalue weighted by Gasteiger charge is -2.13. The lowest BCUT2D eigenvalue weighted by molar-refractivity contribution is 0.392. The fourth-order valence-electron chi connectivity index (χ4n) is 1.74. The van der Waals surface area contributed by atoms with Crippen LogP contribution in [-0.2, 0) is 6.42 Å². The maximum atomic E-state index is 10.4. The highest BCUT2D eigenvalue weighted by Gasteiger charge is 2.16. The zero-order chi connectivity index (χ0) is 15.3. The molecule has 2 N–H and O–H groups in total. The van der Waals surface area contributed by atoms with Crippen molar-refractivity contribution in [1.29, 1.82) is 0 Å². The fourth-order valence-corrected chi connectivity index (χ4v) is 1.74. The van der Waals surface area contributed by atoms with E-state index in [1.54, 1.807) is 6.08 Å². The molecule has 20 heavy (non-hydrogen) atoms. The maximum absolute atomic E-state index is 10.4. The fraction of sp³-hybridized carbons (Fsp3) is 0.412. The standard InChI is InChI=1S/C17H23O3/c1-11(2)6-8-13-15(18)10-16(20-5)14(17(13)19)9-7-12(3)4/h6-7,9,12,18-19H,8H2,1-5H3/b9-7-. The summed E-state index contributed by atoms with van der Waals surface area (Å²) < 4.78 is 5.18. The quantitative estimate of drug-likeness (QED) is 0.796. The van der Waals surface area contributed by atoms with Gasteiger partial charge in [0.05, 0.1) is 18.7 Å². The Bertz CT molecular complexity index is 522. The maximum Gasteiger partial charge on any atom is 0.141 e. The van der Waals surface area contributed by atoms with Crippen molar-refractivity contribution in [3.63, 3.8) is 0 Å². The van der Waals surface area contributed by atoms with Crippen molar-refractivity contribution in [1.82, 2.24) is 0 Å². The summed E-state index contributed by atoms with van der Waals surface area (Å²) in [5, 5.41) is 20.3. The minimum atomic E-state index is -0.0708. The molecule has 1 aromatic carbocycles. The van der Waals surface area contributed by atoms with Gasteiger partial charge in [-0.25, -0.2) is 0 Å². The molecule has 0 aliphatic carbocycles. The molecule has 0 aliphatic heterocycles. The molecule has 1 radical (unpaired) electrons. The smallest absolute Gasteiger partial charge is 0.141 e. The molecule has 109 valence electrons. The predicted molar refractivity (Wildman–Crippen MR) is 82.2 cm³/mol. The van der Waals surface area contributed by atoms with Crippen molar-refractivity contribution in [2.45, 2.75) is 34.1 Å². The van der Waals surface area contributed by atoms with Gasteiger partial charge in [0.15, 0.2) is 0 Å². The highest BCUT2D eigenvalue weighted by atomic mass is 16.5. The molecule has 0 amide bonds. The Hall–Kier alpha value is -1.90. The van der Waals surface area contributed by atoms with E-state index >= 15 is 0 Å². The molecule has 0 fully saturated rings. The van der Waals surface area contributed by atoms with Crippen LogP contribution in [0, 0.1) is 12.0 Å². The zero-order valence-corrected chi connectivity index (χ0v) is 12.8. The first-order chi connectivity index (χ1) is 9.36. The summed E-state index contributed by atoms with van der Waals surface area (Å²) >= 11 is 0. The summed E-state index contributed by atoms with van der Waals surface area (Å²) in [5.41, 5.74) is 2.14. The summed E-state index contributed by atoms with van der Waals surface area (Å²) in [5.74, 6) is 0.679. The van der Waals surface area contributed by atoms with E-state index in [4.69, 9.17) is 4.74 Å². The van der Waals surface area contributed by atoms with Crippen molar-refractivity contribution in [2.75, 3.05) is 7.11 Å². The number of methoxy groups -OCH3 is 1. The number of benzene rings is 1. The third-order valence-electron chi connectivity index (χ3n) is 2.87. The zero-order valence-electron chi connectivity index (χ0n) is 12.8. The molecule has 3 nitrogen and oxygen atoms in total. The van der Waals surface area contributed by atoms with Crippen molar-refractivity contribution < 1.29 is 14.9 Å². The van der Waals surface area contributed by atoms with Gasteiger partial charge in [-0.15, -0.1) is 0 Å². The van der Waals surface area contributed by atoms with Crippen LogP contribution in [0.3, 0.4) is 0 Å². The molecule has 1 rings (SSSR count). The summed E-state index contributed by atoms with van der Waals surface area (Å²) in [6, 6.07) is 2.78. The second-order valence-corrected chi connectivity index (χ2v) is 5.34. The molecule has 1 aromatic rings. The van der Waals surface area contributed by atoms with Gasteiger partial charge >= 0.3 is 0 Å². The lowest BCUT2D eigenvalue weighted by atomic mass is 10.0. The van der Waals surface area contributed by atoms with Gasteiger partial charge < -0.3 is 14.9 Å². The number of aromatic hydroxyl groups is 2. The number of hydrogen-bond acceptors (Lipinski definition) is 3. The average Bonchev–Trinajstić information content (AvgIpc) is 2.36. The number of rotatable bonds is 5. The van der Waals surface area contributed by atoms with Crippen molar-refractivity contribution in [3.05, 3.63) is 34.9 Å². The first kappa shape index (κ1) is 16.2. The monoisotopic (exact) mass is 275 g/mol. The molecular weight excluding hydrogens is 252 g/mol. The van der Waals surface area contributed by atoms with E-state index in [1.807, 2.05) is 39.8 Å². The number of ether oxygens (including phenoxy) is 1. The van der Waals surface area contributed by atoms with Crippen LogP contribution in [0.25, 0.3) is 6.08 Å². The Morgan fingerprint density at radius 1 is 1.30 bits per heavy atom. The number of allylic oxidation sites excluding steroid dienone is 3. The van der Waals surface area contributed by atoms with Gasteiger partial charge in [0.2, 0.25) is 0 Å². The van der Waals surface area contributed by atoms with Gasteiger partial charge in [0, 0.05) is 5.56 Å². The molecule has 0 aromatic heterocycles. The minimum Gasteiger partial charge on any atom is -0.507 e. The Kier molecular flexibility index (Phi) is 5.68. The predicted octanol–water partition coefficient (Wildman–Crippen LogP) is 4.08. The van der Waals surface area contributed by atoms with Gasteiger partial charge in [-0.1, -0.05) is 37.6 Å². The van der Waals surface area contributed by atoms with Crippen LogP contribution in [-0.4, -0.2) is 17.3 Å². The molecule has 0 bridgehead atoms. The molecule has 0 spiro atoms. The molecule has 0 aliphatic rings. The van der Waals surface area contributed by atoms with Crippen LogP contribution in [0.4, 0.5) is 0 Å². The molecule has 3 heteroatoms. The Morgan fingerprint density at radius 3 is 2.45 bits per heavy atom. The van der Waals surface area contributed by atoms with Crippen LogP contribution >= 0.6 is 0 Å². The second-order valence-electron chi connectivity index (χ2n) is 5.34. The molecule has 0 atom stereocenters.